The molecular formula is C17H14ClNO. The summed E-state index contributed by atoms with van der Waals surface area (Å²) in [6, 6.07) is 17.2. The molecular weight excluding hydrogens is 270 g/mol. The smallest absolute Gasteiger partial charge is 0.0830 e. The van der Waals surface area contributed by atoms with Crippen LogP contribution in [-0.2, 0) is 6.42 Å². The Labute approximate surface area is 122 Å². The average Bonchev–Trinajstić information content (AvgIpc) is 2.48. The summed E-state index contributed by atoms with van der Waals surface area (Å²) in [6.45, 7) is 0. The minimum absolute atomic E-state index is 0.543. The zero-order valence-corrected chi connectivity index (χ0v) is 11.6. The second kappa shape index (κ2) is 5.61. The number of hydrogen-bond acceptors (Lipinski definition) is 2. The summed E-state index contributed by atoms with van der Waals surface area (Å²) in [7, 11) is 0. The van der Waals surface area contributed by atoms with Gasteiger partial charge >= 0.3 is 0 Å². The van der Waals surface area contributed by atoms with E-state index in [-0.39, 0.29) is 0 Å². The van der Waals surface area contributed by atoms with Crippen molar-refractivity contribution < 1.29 is 5.11 Å². The van der Waals surface area contributed by atoms with Crippen LogP contribution in [0.1, 0.15) is 17.2 Å². The summed E-state index contributed by atoms with van der Waals surface area (Å²) in [4.78, 5) is 4.33. The van der Waals surface area contributed by atoms with Crippen molar-refractivity contribution in [2.75, 3.05) is 0 Å². The van der Waals surface area contributed by atoms with Gasteiger partial charge in [-0.3, -0.25) is 4.98 Å². The molecule has 0 aliphatic rings. The Kier molecular flexibility index (Phi) is 3.68. The Morgan fingerprint density at radius 2 is 1.75 bits per heavy atom. The van der Waals surface area contributed by atoms with E-state index < -0.39 is 6.10 Å². The highest BCUT2D eigenvalue weighted by molar-refractivity contribution is 6.30. The lowest BCUT2D eigenvalue weighted by Gasteiger charge is -2.12. The molecule has 0 fully saturated rings. The van der Waals surface area contributed by atoms with Crippen LogP contribution >= 0.6 is 11.6 Å². The molecule has 3 rings (SSSR count). The van der Waals surface area contributed by atoms with Crippen molar-refractivity contribution in [3.05, 3.63) is 76.9 Å². The van der Waals surface area contributed by atoms with Gasteiger partial charge in [-0.05, 0) is 35.4 Å². The van der Waals surface area contributed by atoms with Crippen molar-refractivity contribution in [1.82, 2.24) is 4.98 Å². The summed E-state index contributed by atoms with van der Waals surface area (Å²) in [5.74, 6) is 0. The Balaban J connectivity index is 1.91. The van der Waals surface area contributed by atoms with Crippen LogP contribution in [0.3, 0.4) is 0 Å². The van der Waals surface area contributed by atoms with Gasteiger partial charge in [-0.1, -0.05) is 41.9 Å². The molecule has 1 N–H and O–H groups in total. The molecule has 0 spiro atoms. The predicted molar refractivity (Wildman–Crippen MR) is 81.9 cm³/mol. The molecule has 0 saturated heterocycles. The number of para-hydroxylation sites is 1. The number of rotatable bonds is 3. The first-order valence-electron chi connectivity index (χ1n) is 6.50. The number of pyridine rings is 1. The van der Waals surface area contributed by atoms with Gasteiger partial charge in [-0.2, -0.15) is 0 Å². The van der Waals surface area contributed by atoms with E-state index in [1.165, 1.54) is 0 Å². The zero-order chi connectivity index (χ0) is 13.9. The van der Waals surface area contributed by atoms with Crippen molar-refractivity contribution in [1.29, 1.82) is 0 Å². The molecule has 20 heavy (non-hydrogen) atoms. The number of hydrogen-bond donors (Lipinski definition) is 1. The quantitative estimate of drug-likeness (QED) is 0.783. The number of aliphatic hydroxyl groups is 1. The van der Waals surface area contributed by atoms with E-state index in [2.05, 4.69) is 4.98 Å². The molecule has 1 aromatic heterocycles. The molecule has 1 heterocycles. The Bertz CT molecular complexity index is 719. The van der Waals surface area contributed by atoms with Crippen molar-refractivity contribution >= 4 is 22.5 Å². The van der Waals surface area contributed by atoms with Crippen molar-refractivity contribution in [3.63, 3.8) is 0 Å². The van der Waals surface area contributed by atoms with Gasteiger partial charge in [0.05, 0.1) is 11.6 Å². The lowest BCUT2D eigenvalue weighted by atomic mass is 9.99. The fraction of sp³-hybridized carbons (Fsp3) is 0.118. The standard InChI is InChI=1S/C17H14ClNO/c18-14-7-5-12(6-8-14)17(20)11-13-9-10-19-16-4-2-1-3-15(13)16/h1-10,17,20H,11H2. The monoisotopic (exact) mass is 283 g/mol. The van der Waals surface area contributed by atoms with Crippen molar-refractivity contribution in [2.45, 2.75) is 12.5 Å². The van der Waals surface area contributed by atoms with E-state index in [0.717, 1.165) is 22.0 Å². The summed E-state index contributed by atoms with van der Waals surface area (Å²) in [5, 5.41) is 12.1. The zero-order valence-electron chi connectivity index (χ0n) is 10.8. The topological polar surface area (TPSA) is 33.1 Å². The second-order valence-corrected chi connectivity index (χ2v) is 5.20. The van der Waals surface area contributed by atoms with Gasteiger partial charge < -0.3 is 5.11 Å². The maximum absolute atomic E-state index is 10.4. The molecule has 0 aliphatic carbocycles. The predicted octanol–water partition coefficient (Wildman–Crippen LogP) is 4.16. The van der Waals surface area contributed by atoms with Gasteiger partial charge in [0.15, 0.2) is 0 Å². The highest BCUT2D eigenvalue weighted by atomic mass is 35.5. The summed E-state index contributed by atoms with van der Waals surface area (Å²) in [5.41, 5.74) is 2.92. The van der Waals surface area contributed by atoms with E-state index in [4.69, 9.17) is 11.6 Å². The number of benzene rings is 2. The minimum atomic E-state index is -0.543. The first-order valence-corrected chi connectivity index (χ1v) is 6.88. The number of aromatic nitrogens is 1. The molecule has 2 aromatic carbocycles. The largest absolute Gasteiger partial charge is 0.388 e. The number of fused-ring (bicyclic) bond motifs is 1. The van der Waals surface area contributed by atoms with Crippen LogP contribution in [0.15, 0.2) is 60.8 Å². The van der Waals surface area contributed by atoms with Gasteiger partial charge in [-0.15, -0.1) is 0 Å². The van der Waals surface area contributed by atoms with Crippen molar-refractivity contribution in [2.24, 2.45) is 0 Å². The molecule has 2 nitrogen and oxygen atoms in total. The first kappa shape index (κ1) is 13.1. The minimum Gasteiger partial charge on any atom is -0.388 e. The van der Waals surface area contributed by atoms with Gasteiger partial charge in [0.2, 0.25) is 0 Å². The Morgan fingerprint density at radius 3 is 2.55 bits per heavy atom. The Hall–Kier alpha value is -1.90. The van der Waals surface area contributed by atoms with Crippen molar-refractivity contribution in [3.8, 4) is 0 Å². The van der Waals surface area contributed by atoms with Crippen LogP contribution in [0.25, 0.3) is 10.9 Å². The van der Waals surface area contributed by atoms with E-state index in [9.17, 15) is 5.11 Å². The molecule has 0 saturated carbocycles. The van der Waals surface area contributed by atoms with Crippen LogP contribution in [0.2, 0.25) is 5.02 Å². The molecule has 0 aliphatic heterocycles. The van der Waals surface area contributed by atoms with E-state index >= 15 is 0 Å². The third-order valence-corrected chi connectivity index (χ3v) is 3.66. The van der Waals surface area contributed by atoms with Crippen LogP contribution in [-0.4, -0.2) is 10.1 Å². The van der Waals surface area contributed by atoms with Crippen LogP contribution in [0.5, 0.6) is 0 Å². The third-order valence-electron chi connectivity index (χ3n) is 3.41. The highest BCUT2D eigenvalue weighted by Gasteiger charge is 2.10. The maximum atomic E-state index is 10.4. The average molecular weight is 284 g/mol. The summed E-state index contributed by atoms with van der Waals surface area (Å²) in [6.07, 6.45) is 1.80. The number of nitrogens with zero attached hydrogens (tertiary/aromatic N) is 1. The molecule has 100 valence electrons. The first-order chi connectivity index (χ1) is 9.74. The van der Waals surface area contributed by atoms with Gasteiger partial charge in [0.25, 0.3) is 0 Å². The fourth-order valence-corrected chi connectivity index (χ4v) is 2.47. The van der Waals surface area contributed by atoms with Gasteiger partial charge in [-0.25, -0.2) is 0 Å². The summed E-state index contributed by atoms with van der Waals surface area (Å²) >= 11 is 5.86. The molecule has 0 amide bonds. The SMILES string of the molecule is OC(Cc1ccnc2ccccc12)c1ccc(Cl)cc1. The Morgan fingerprint density at radius 1 is 1.00 bits per heavy atom. The third kappa shape index (κ3) is 2.67. The van der Waals surface area contributed by atoms with Gasteiger partial charge in [0, 0.05) is 23.0 Å². The fourth-order valence-electron chi connectivity index (χ4n) is 2.34. The van der Waals surface area contributed by atoms with Gasteiger partial charge in [0.1, 0.15) is 0 Å². The number of halogens is 1. The molecule has 0 bridgehead atoms. The molecule has 3 aromatic rings. The molecule has 0 radical (unpaired) electrons. The molecule has 3 heteroatoms. The maximum Gasteiger partial charge on any atom is 0.0830 e. The van der Waals surface area contributed by atoms with Crippen LogP contribution in [0, 0.1) is 0 Å². The lowest BCUT2D eigenvalue weighted by molar-refractivity contribution is 0.179. The van der Waals surface area contributed by atoms with Crippen LogP contribution in [0.4, 0.5) is 0 Å². The lowest BCUT2D eigenvalue weighted by Crippen LogP contribution is -2.02. The second-order valence-electron chi connectivity index (χ2n) is 4.76. The summed E-state index contributed by atoms with van der Waals surface area (Å²) < 4.78 is 0. The van der Waals surface area contributed by atoms with E-state index in [1.54, 1.807) is 18.3 Å². The van der Waals surface area contributed by atoms with E-state index in [1.807, 2.05) is 42.5 Å². The normalized spacial score (nSPS) is 12.5. The molecule has 1 atom stereocenters. The highest BCUT2D eigenvalue weighted by Crippen LogP contribution is 2.24. The van der Waals surface area contributed by atoms with Crippen LogP contribution < -0.4 is 0 Å². The van der Waals surface area contributed by atoms with E-state index in [0.29, 0.717) is 11.4 Å². The number of aliphatic hydroxyl groups excluding tert-OH is 1. The molecule has 1 unspecified atom stereocenters.